The summed E-state index contributed by atoms with van der Waals surface area (Å²) < 4.78 is 21.5. The molecule has 0 aromatic carbocycles. The van der Waals surface area contributed by atoms with Gasteiger partial charge in [-0.2, -0.15) is 0 Å². The molecule has 0 aromatic rings. The van der Waals surface area contributed by atoms with Gasteiger partial charge in [-0.1, -0.05) is 19.6 Å². The summed E-state index contributed by atoms with van der Waals surface area (Å²) in [6.45, 7) is 14.4. The van der Waals surface area contributed by atoms with E-state index in [1.165, 1.54) is 0 Å². The van der Waals surface area contributed by atoms with Crippen molar-refractivity contribution in [3.63, 3.8) is 0 Å². The first-order valence-corrected chi connectivity index (χ1v) is 11.1. The molecule has 0 amide bonds. The second kappa shape index (κ2) is 7.61. The second-order valence-electron chi connectivity index (χ2n) is 4.58. The van der Waals surface area contributed by atoms with Crippen LogP contribution in [0.1, 0.15) is 20.8 Å². The van der Waals surface area contributed by atoms with Gasteiger partial charge in [-0.05, 0) is 20.8 Å². The van der Waals surface area contributed by atoms with Gasteiger partial charge in [0.05, 0.1) is 27.9 Å². The van der Waals surface area contributed by atoms with E-state index in [-0.39, 0.29) is 0 Å². The Kier molecular flexibility index (Phi) is 7.77. The van der Waals surface area contributed by atoms with Crippen LogP contribution in [0.25, 0.3) is 0 Å². The molecule has 0 heterocycles. The smallest absolute Gasteiger partial charge is 0.303 e. The molecule has 4 nitrogen and oxygen atoms in total. The number of hydrogen-bond acceptors (Lipinski definition) is 4. The minimum Gasteiger partial charge on any atom is -0.303 e. The van der Waals surface area contributed by atoms with Gasteiger partial charge in [0.1, 0.15) is 0 Å². The summed E-state index contributed by atoms with van der Waals surface area (Å²) in [6.07, 6.45) is 0.820. The Morgan fingerprint density at radius 2 is 1.25 bits per heavy atom. The molecule has 0 bridgehead atoms. The van der Waals surface area contributed by atoms with Crippen LogP contribution in [0.3, 0.4) is 0 Å². The van der Waals surface area contributed by atoms with Crippen molar-refractivity contribution < 1.29 is 13.6 Å². The Morgan fingerprint density at radius 1 is 0.875 bits per heavy atom. The SMILES string of the molecule is CCOP(=NC[Si](C)(C)C)(OCC)OCC. The fourth-order valence-corrected chi connectivity index (χ4v) is 4.86. The summed E-state index contributed by atoms with van der Waals surface area (Å²) in [5.41, 5.74) is 0. The molecule has 0 fully saturated rings. The zero-order valence-corrected chi connectivity index (χ0v) is 13.3. The molecule has 0 rings (SSSR count). The maximum Gasteiger partial charge on any atom is 0.355 e. The Morgan fingerprint density at radius 3 is 1.50 bits per heavy atom. The molecule has 0 aliphatic heterocycles. The van der Waals surface area contributed by atoms with Gasteiger partial charge in [-0.3, -0.25) is 0 Å². The molecule has 0 saturated carbocycles. The van der Waals surface area contributed by atoms with Gasteiger partial charge in [0.2, 0.25) is 0 Å². The molecule has 0 saturated heterocycles. The highest BCUT2D eigenvalue weighted by Gasteiger charge is 2.24. The summed E-state index contributed by atoms with van der Waals surface area (Å²) in [5.74, 6) is 0. The predicted molar refractivity (Wildman–Crippen MR) is 72.4 cm³/mol. The van der Waals surface area contributed by atoms with E-state index in [4.69, 9.17) is 13.6 Å². The van der Waals surface area contributed by atoms with Crippen LogP contribution >= 0.6 is 7.74 Å². The fraction of sp³-hybridized carbons (Fsp3) is 1.00. The zero-order valence-electron chi connectivity index (χ0n) is 11.4. The Labute approximate surface area is 101 Å². The van der Waals surface area contributed by atoms with Gasteiger partial charge in [0, 0.05) is 6.17 Å². The van der Waals surface area contributed by atoms with Crippen LogP contribution in [0.5, 0.6) is 0 Å². The van der Waals surface area contributed by atoms with Crippen LogP contribution in [0.4, 0.5) is 0 Å². The van der Waals surface area contributed by atoms with Gasteiger partial charge in [0.25, 0.3) is 0 Å². The van der Waals surface area contributed by atoms with Crippen LogP contribution < -0.4 is 0 Å². The van der Waals surface area contributed by atoms with E-state index in [2.05, 4.69) is 24.4 Å². The third-order valence-electron chi connectivity index (χ3n) is 1.59. The van der Waals surface area contributed by atoms with Crippen molar-refractivity contribution in [3.05, 3.63) is 0 Å². The lowest BCUT2D eigenvalue weighted by atomic mass is 10.9. The van der Waals surface area contributed by atoms with Crippen molar-refractivity contribution in [1.29, 1.82) is 0 Å². The van der Waals surface area contributed by atoms with Crippen molar-refractivity contribution in [2.24, 2.45) is 4.74 Å². The molecular weight excluding hydrogens is 241 g/mol. The van der Waals surface area contributed by atoms with Crippen molar-refractivity contribution >= 4 is 15.8 Å². The quantitative estimate of drug-likeness (QED) is 0.494. The lowest BCUT2D eigenvalue weighted by molar-refractivity contribution is 0.162. The number of hydrogen-bond donors (Lipinski definition) is 0. The highest BCUT2D eigenvalue weighted by Crippen LogP contribution is 2.53. The van der Waals surface area contributed by atoms with Gasteiger partial charge in [-0.15, -0.1) is 0 Å². The van der Waals surface area contributed by atoms with E-state index < -0.39 is 15.8 Å². The first-order valence-electron chi connectivity index (χ1n) is 5.90. The Balaban J connectivity index is 4.83. The molecule has 98 valence electrons. The molecule has 6 heteroatoms. The van der Waals surface area contributed by atoms with Gasteiger partial charge >= 0.3 is 7.74 Å². The van der Waals surface area contributed by atoms with Gasteiger partial charge in [0.15, 0.2) is 0 Å². The molecule has 0 N–H and O–H groups in total. The maximum atomic E-state index is 5.63. The van der Waals surface area contributed by atoms with E-state index in [0.717, 1.165) is 6.17 Å². The maximum absolute atomic E-state index is 5.63. The van der Waals surface area contributed by atoms with E-state index in [9.17, 15) is 0 Å². The molecule has 0 aliphatic carbocycles. The van der Waals surface area contributed by atoms with Crippen LogP contribution in [-0.4, -0.2) is 34.1 Å². The van der Waals surface area contributed by atoms with Crippen molar-refractivity contribution in [2.75, 3.05) is 26.0 Å². The van der Waals surface area contributed by atoms with E-state index in [0.29, 0.717) is 19.8 Å². The highest BCUT2D eigenvalue weighted by atomic mass is 31.2. The molecule has 0 radical (unpaired) electrons. The summed E-state index contributed by atoms with van der Waals surface area (Å²) >= 11 is 0. The average Bonchev–Trinajstić information content (AvgIpc) is 2.15. The monoisotopic (exact) mass is 267 g/mol. The third-order valence-corrected chi connectivity index (χ3v) is 5.21. The third kappa shape index (κ3) is 6.81. The normalized spacial score (nSPS) is 12.9. The van der Waals surface area contributed by atoms with Crippen LogP contribution in [0, 0.1) is 0 Å². The topological polar surface area (TPSA) is 40.0 Å². The van der Waals surface area contributed by atoms with Crippen molar-refractivity contribution in [1.82, 2.24) is 0 Å². The van der Waals surface area contributed by atoms with E-state index >= 15 is 0 Å². The van der Waals surface area contributed by atoms with Crippen LogP contribution in [-0.2, 0) is 13.6 Å². The molecule has 0 spiro atoms. The van der Waals surface area contributed by atoms with E-state index in [1.807, 2.05) is 20.8 Å². The van der Waals surface area contributed by atoms with E-state index in [1.54, 1.807) is 0 Å². The Hall–Kier alpha value is 0.327. The first-order chi connectivity index (χ1) is 7.39. The molecule has 16 heavy (non-hydrogen) atoms. The van der Waals surface area contributed by atoms with Gasteiger partial charge < -0.3 is 13.6 Å². The summed E-state index contributed by atoms with van der Waals surface area (Å²) in [5, 5.41) is 0. The summed E-state index contributed by atoms with van der Waals surface area (Å²) in [4.78, 5) is 0. The molecular formula is C10H26NO3PSi. The summed E-state index contributed by atoms with van der Waals surface area (Å²) in [6, 6.07) is 0. The zero-order chi connectivity index (χ0) is 12.7. The number of rotatable bonds is 8. The van der Waals surface area contributed by atoms with Crippen LogP contribution in [0.15, 0.2) is 4.74 Å². The van der Waals surface area contributed by atoms with Crippen molar-refractivity contribution in [2.45, 2.75) is 40.4 Å². The lowest BCUT2D eigenvalue weighted by Gasteiger charge is -2.23. The fourth-order valence-electron chi connectivity index (χ4n) is 1.02. The molecule has 0 atom stereocenters. The molecule has 0 aliphatic rings. The lowest BCUT2D eigenvalue weighted by Crippen LogP contribution is -2.25. The Bertz CT molecular complexity index is 217. The van der Waals surface area contributed by atoms with Gasteiger partial charge in [-0.25, -0.2) is 4.74 Å². The second-order valence-corrected chi connectivity index (χ2v) is 12.0. The largest absolute Gasteiger partial charge is 0.355 e. The minimum atomic E-state index is -2.43. The molecule has 0 aromatic heterocycles. The molecule has 0 unspecified atom stereocenters. The minimum absolute atomic E-state index is 0.572. The number of nitrogens with zero attached hydrogens (tertiary/aromatic N) is 1. The standard InChI is InChI=1S/C10H26NO3PSi/c1-7-12-15(13-8-2,14-9-3)11-10-16(4,5)6/h7-10H2,1-6H3. The first kappa shape index (κ1) is 16.3. The summed E-state index contributed by atoms with van der Waals surface area (Å²) in [7, 11) is -3.67. The predicted octanol–water partition coefficient (Wildman–Crippen LogP) is 3.92. The van der Waals surface area contributed by atoms with Crippen LogP contribution in [0.2, 0.25) is 19.6 Å². The average molecular weight is 267 g/mol. The highest BCUT2D eigenvalue weighted by molar-refractivity contribution is 7.51. The van der Waals surface area contributed by atoms with Crippen molar-refractivity contribution in [3.8, 4) is 0 Å².